The first-order valence-electron chi connectivity index (χ1n) is 9.40. The minimum atomic E-state index is -0.557. The van der Waals surface area contributed by atoms with E-state index < -0.39 is 11.9 Å². The number of urea groups is 1. The van der Waals surface area contributed by atoms with Crippen molar-refractivity contribution in [1.29, 1.82) is 0 Å². The van der Waals surface area contributed by atoms with Crippen LogP contribution in [0.1, 0.15) is 18.4 Å². The molecule has 3 amide bonds. The average Bonchev–Trinajstić information content (AvgIpc) is 3.39. The molecule has 30 heavy (non-hydrogen) atoms. The van der Waals surface area contributed by atoms with Crippen molar-refractivity contribution in [3.63, 3.8) is 0 Å². The Labute approximate surface area is 175 Å². The normalized spacial score (nSPS) is 17.3. The predicted molar refractivity (Wildman–Crippen MR) is 111 cm³/mol. The quantitative estimate of drug-likeness (QED) is 0.354. The summed E-state index contributed by atoms with van der Waals surface area (Å²) >= 11 is 5.91. The van der Waals surface area contributed by atoms with Crippen LogP contribution in [0.5, 0.6) is 0 Å². The molecule has 2 aliphatic rings. The van der Waals surface area contributed by atoms with E-state index >= 15 is 0 Å². The highest BCUT2D eigenvalue weighted by molar-refractivity contribution is 6.30. The molecule has 1 aliphatic heterocycles. The smallest absolute Gasteiger partial charge is 0.326 e. The van der Waals surface area contributed by atoms with Gasteiger partial charge in [-0.1, -0.05) is 11.6 Å². The highest BCUT2D eigenvalue weighted by Crippen LogP contribution is 2.30. The fraction of sp³-hybridized carbons (Fsp3) is 0.211. The van der Waals surface area contributed by atoms with Gasteiger partial charge in [0.25, 0.3) is 5.91 Å². The first kappa shape index (κ1) is 18.4. The van der Waals surface area contributed by atoms with E-state index in [2.05, 4.69) is 36.3 Å². The molecule has 0 spiro atoms. The molecule has 11 heteroatoms. The molecule has 5 rings (SSSR count). The Hall–Kier alpha value is -3.66. The zero-order valence-corrected chi connectivity index (χ0v) is 16.4. The van der Waals surface area contributed by atoms with Gasteiger partial charge in [-0.3, -0.25) is 10.1 Å². The van der Waals surface area contributed by atoms with Gasteiger partial charge >= 0.3 is 6.03 Å². The molecule has 0 bridgehead atoms. The maximum atomic E-state index is 11.9. The van der Waals surface area contributed by atoms with Crippen LogP contribution in [-0.2, 0) is 4.79 Å². The van der Waals surface area contributed by atoms with Crippen molar-refractivity contribution in [2.45, 2.75) is 12.8 Å². The number of rotatable bonds is 6. The van der Waals surface area contributed by atoms with Gasteiger partial charge in [0.1, 0.15) is 23.2 Å². The van der Waals surface area contributed by atoms with Gasteiger partial charge in [-0.15, -0.1) is 0 Å². The van der Waals surface area contributed by atoms with Gasteiger partial charge in [-0.25, -0.2) is 14.8 Å². The summed E-state index contributed by atoms with van der Waals surface area (Å²) in [6, 6.07) is 4.78. The van der Waals surface area contributed by atoms with Crippen LogP contribution in [0, 0.1) is 5.92 Å². The summed E-state index contributed by atoms with van der Waals surface area (Å²) in [5.41, 5.74) is 1.25. The second-order valence-electron chi connectivity index (χ2n) is 7.14. The van der Waals surface area contributed by atoms with Gasteiger partial charge in [-0.05, 0) is 37.0 Å². The van der Waals surface area contributed by atoms with Crippen LogP contribution in [-0.4, -0.2) is 38.1 Å². The molecular weight excluding hydrogens is 408 g/mol. The Morgan fingerprint density at radius 2 is 2.07 bits per heavy atom. The maximum absolute atomic E-state index is 11.9. The highest BCUT2D eigenvalue weighted by Gasteiger charge is 2.24. The van der Waals surface area contributed by atoms with Gasteiger partial charge in [0.2, 0.25) is 0 Å². The van der Waals surface area contributed by atoms with Crippen molar-refractivity contribution in [2.24, 2.45) is 5.92 Å². The van der Waals surface area contributed by atoms with Crippen LogP contribution >= 0.6 is 11.6 Å². The monoisotopic (exact) mass is 424 g/mol. The lowest BCUT2D eigenvalue weighted by Gasteiger charge is -2.11. The molecule has 3 aromatic rings. The number of nitrogens with one attached hydrogen (secondary N) is 4. The van der Waals surface area contributed by atoms with Crippen molar-refractivity contribution in [1.82, 2.24) is 30.2 Å². The predicted octanol–water partition coefficient (Wildman–Crippen LogP) is 2.52. The number of imide groups is 1. The third kappa shape index (κ3) is 3.77. The Balaban J connectivity index is 1.54. The van der Waals surface area contributed by atoms with Crippen molar-refractivity contribution in [3.8, 4) is 0 Å². The van der Waals surface area contributed by atoms with E-state index in [1.807, 2.05) is 6.07 Å². The van der Waals surface area contributed by atoms with Crippen LogP contribution in [0.2, 0.25) is 5.02 Å². The molecule has 152 valence electrons. The number of anilines is 3. The zero-order valence-electron chi connectivity index (χ0n) is 15.6. The molecule has 0 radical (unpaired) electrons. The number of carbonyl (C=O) groups excluding carboxylic acids is 2. The van der Waals surface area contributed by atoms with Crippen molar-refractivity contribution in [3.05, 3.63) is 46.9 Å². The first-order valence-corrected chi connectivity index (χ1v) is 9.78. The van der Waals surface area contributed by atoms with Gasteiger partial charge < -0.3 is 16.0 Å². The SMILES string of the molecule is O=C1NC(=O)/C(=C/c2cnn3c(NCC4CC4)cc(Nc4ccc(Cl)cn4)nc23)N1. The van der Waals surface area contributed by atoms with Crippen LogP contribution in [0.15, 0.2) is 36.3 Å². The minimum Gasteiger partial charge on any atom is -0.370 e. The Kier molecular flexibility index (Phi) is 4.47. The summed E-state index contributed by atoms with van der Waals surface area (Å²) in [6.07, 6.45) is 7.12. The topological polar surface area (TPSA) is 125 Å². The average molecular weight is 425 g/mol. The summed E-state index contributed by atoms with van der Waals surface area (Å²) in [5.74, 6) is 2.07. The summed E-state index contributed by atoms with van der Waals surface area (Å²) < 4.78 is 1.67. The molecule has 4 heterocycles. The molecule has 1 aliphatic carbocycles. The summed E-state index contributed by atoms with van der Waals surface area (Å²) in [7, 11) is 0. The van der Waals surface area contributed by atoms with E-state index in [0.29, 0.717) is 33.8 Å². The fourth-order valence-corrected chi connectivity index (χ4v) is 3.17. The Morgan fingerprint density at radius 3 is 2.77 bits per heavy atom. The first-order chi connectivity index (χ1) is 14.5. The minimum absolute atomic E-state index is 0.141. The molecule has 0 aromatic carbocycles. The molecular formula is C19H17ClN8O2. The second kappa shape index (κ2) is 7.30. The van der Waals surface area contributed by atoms with E-state index in [1.54, 1.807) is 35.1 Å². The number of carbonyl (C=O) groups is 2. The maximum Gasteiger partial charge on any atom is 0.326 e. The molecule has 1 saturated heterocycles. The van der Waals surface area contributed by atoms with Gasteiger partial charge in [0.15, 0.2) is 5.65 Å². The van der Waals surface area contributed by atoms with Crippen LogP contribution in [0.3, 0.4) is 0 Å². The molecule has 10 nitrogen and oxygen atoms in total. The van der Waals surface area contributed by atoms with E-state index in [4.69, 9.17) is 11.6 Å². The van der Waals surface area contributed by atoms with Gasteiger partial charge in [0.05, 0.1) is 11.2 Å². The van der Waals surface area contributed by atoms with Crippen LogP contribution in [0.4, 0.5) is 22.2 Å². The number of hydrogen-bond donors (Lipinski definition) is 4. The van der Waals surface area contributed by atoms with E-state index in [1.165, 1.54) is 12.8 Å². The third-order valence-corrected chi connectivity index (χ3v) is 4.99. The lowest BCUT2D eigenvalue weighted by Crippen LogP contribution is -2.22. The largest absolute Gasteiger partial charge is 0.370 e. The summed E-state index contributed by atoms with van der Waals surface area (Å²) in [5, 5.41) is 16.2. The van der Waals surface area contributed by atoms with E-state index in [0.717, 1.165) is 12.4 Å². The number of halogens is 1. The summed E-state index contributed by atoms with van der Waals surface area (Å²) in [6.45, 7) is 0.840. The van der Waals surface area contributed by atoms with E-state index in [-0.39, 0.29) is 5.70 Å². The number of nitrogens with zero attached hydrogens (tertiary/aromatic N) is 4. The molecule has 4 N–H and O–H groups in total. The van der Waals surface area contributed by atoms with Gasteiger partial charge in [-0.2, -0.15) is 9.61 Å². The Bertz CT molecular complexity index is 1180. The number of hydrogen-bond acceptors (Lipinski definition) is 7. The molecule has 3 aromatic heterocycles. The molecule has 1 saturated carbocycles. The zero-order chi connectivity index (χ0) is 20.7. The van der Waals surface area contributed by atoms with Gasteiger partial charge in [0, 0.05) is 24.4 Å². The Morgan fingerprint density at radius 1 is 1.20 bits per heavy atom. The lowest BCUT2D eigenvalue weighted by molar-refractivity contribution is -0.115. The summed E-state index contributed by atoms with van der Waals surface area (Å²) in [4.78, 5) is 32.1. The third-order valence-electron chi connectivity index (χ3n) is 4.77. The fourth-order valence-electron chi connectivity index (χ4n) is 3.06. The standard InChI is InChI=1S/C19H17ClN8O2/c20-12-3-4-14(21-9-12)25-15-6-16(22-7-10-1-2-10)28-17(26-15)11(8-23-28)5-13-18(29)27-19(30)24-13/h3-6,8-10,22H,1-2,7H2,(H,21,25,26)(H2,24,27,29,30)/b13-5-. The number of amides is 3. The molecule has 2 fully saturated rings. The lowest BCUT2D eigenvalue weighted by atomic mass is 10.2. The number of fused-ring (bicyclic) bond motifs is 1. The number of aromatic nitrogens is 4. The highest BCUT2D eigenvalue weighted by atomic mass is 35.5. The van der Waals surface area contributed by atoms with E-state index in [9.17, 15) is 9.59 Å². The molecule has 0 atom stereocenters. The van der Waals surface area contributed by atoms with Crippen LogP contribution < -0.4 is 21.3 Å². The van der Waals surface area contributed by atoms with Crippen LogP contribution in [0.25, 0.3) is 11.7 Å². The number of pyridine rings is 1. The van der Waals surface area contributed by atoms with Crippen molar-refractivity contribution >= 4 is 52.7 Å². The second-order valence-corrected chi connectivity index (χ2v) is 7.58. The van der Waals surface area contributed by atoms with Crippen molar-refractivity contribution in [2.75, 3.05) is 17.2 Å². The van der Waals surface area contributed by atoms with Crippen molar-refractivity contribution < 1.29 is 9.59 Å². The molecule has 0 unspecified atom stereocenters.